The largest absolute Gasteiger partial charge is 0.314 e. The smallest absolute Gasteiger partial charge is 0.129 e. The number of nitrogens with zero attached hydrogens (tertiary/aromatic N) is 1. The fourth-order valence-corrected chi connectivity index (χ4v) is 3.25. The van der Waals surface area contributed by atoms with Gasteiger partial charge in [-0.15, -0.1) is 19.0 Å². The van der Waals surface area contributed by atoms with Crippen LogP contribution in [0, 0.1) is 5.82 Å². The number of hydrogen-bond acceptors (Lipinski definition) is 2. The highest BCUT2D eigenvalue weighted by Crippen LogP contribution is 2.34. The Labute approximate surface area is 144 Å². The number of piperazine rings is 1. The first-order chi connectivity index (χ1) is 10.2. The third-order valence-corrected chi connectivity index (χ3v) is 4.39. The van der Waals surface area contributed by atoms with Gasteiger partial charge in [-0.3, -0.25) is 4.90 Å². The highest BCUT2D eigenvalue weighted by molar-refractivity contribution is 6.31. The fourth-order valence-electron chi connectivity index (χ4n) is 2.96. The molecule has 22 heavy (non-hydrogen) atoms. The van der Waals surface area contributed by atoms with E-state index >= 15 is 0 Å². The second-order valence-electron chi connectivity index (χ2n) is 5.51. The molecule has 1 aliphatic rings. The van der Waals surface area contributed by atoms with Crippen LogP contribution >= 0.6 is 24.0 Å². The Morgan fingerprint density at radius 1 is 1.32 bits per heavy atom. The standard InChI is InChI=1S/C17H24ClFN2.ClH/c1-2-3-4-5-9-16(21-12-10-20-11-13-21)17-14(18)7-6-8-15(17)19;/h2,6-8,16,20H,1,3-5,9-13H2;1H/t16-;/m1./s1. The van der Waals surface area contributed by atoms with Gasteiger partial charge >= 0.3 is 0 Å². The number of benzene rings is 1. The van der Waals surface area contributed by atoms with Gasteiger partial charge in [0.25, 0.3) is 0 Å². The summed E-state index contributed by atoms with van der Waals surface area (Å²) >= 11 is 6.29. The lowest BCUT2D eigenvalue weighted by molar-refractivity contribution is 0.160. The lowest BCUT2D eigenvalue weighted by Gasteiger charge is -2.36. The molecule has 0 aliphatic carbocycles. The summed E-state index contributed by atoms with van der Waals surface area (Å²) in [6.07, 6.45) is 6.05. The average Bonchev–Trinajstić information content (AvgIpc) is 2.50. The summed E-state index contributed by atoms with van der Waals surface area (Å²) in [5.74, 6) is -0.185. The van der Waals surface area contributed by atoms with Crippen LogP contribution in [0.15, 0.2) is 30.9 Å². The zero-order valence-electron chi connectivity index (χ0n) is 12.9. The molecule has 1 aliphatic heterocycles. The van der Waals surface area contributed by atoms with Crippen molar-refractivity contribution in [3.05, 3.63) is 47.3 Å². The zero-order valence-corrected chi connectivity index (χ0v) is 14.4. The van der Waals surface area contributed by atoms with E-state index in [1.165, 1.54) is 6.07 Å². The maximum atomic E-state index is 14.3. The lowest BCUT2D eigenvalue weighted by Crippen LogP contribution is -2.45. The van der Waals surface area contributed by atoms with Gasteiger partial charge in [-0.1, -0.05) is 30.2 Å². The molecule has 0 bridgehead atoms. The van der Waals surface area contributed by atoms with Crippen LogP contribution in [0.25, 0.3) is 0 Å². The Kier molecular flexibility index (Phi) is 9.03. The number of nitrogens with one attached hydrogen (secondary N) is 1. The molecule has 124 valence electrons. The van der Waals surface area contributed by atoms with Gasteiger partial charge in [0.2, 0.25) is 0 Å². The summed E-state index contributed by atoms with van der Waals surface area (Å²) in [5, 5.41) is 3.89. The van der Waals surface area contributed by atoms with Gasteiger partial charge in [0, 0.05) is 42.8 Å². The van der Waals surface area contributed by atoms with Crippen LogP contribution in [-0.4, -0.2) is 31.1 Å². The minimum atomic E-state index is -0.185. The van der Waals surface area contributed by atoms with E-state index in [9.17, 15) is 4.39 Å². The molecule has 0 radical (unpaired) electrons. The van der Waals surface area contributed by atoms with Crippen molar-refractivity contribution in [2.75, 3.05) is 26.2 Å². The van der Waals surface area contributed by atoms with E-state index in [0.717, 1.165) is 51.9 Å². The van der Waals surface area contributed by atoms with Gasteiger partial charge in [0.1, 0.15) is 5.82 Å². The van der Waals surface area contributed by atoms with E-state index in [-0.39, 0.29) is 24.3 Å². The van der Waals surface area contributed by atoms with Crippen molar-refractivity contribution in [2.24, 2.45) is 0 Å². The maximum Gasteiger partial charge on any atom is 0.129 e. The van der Waals surface area contributed by atoms with Crippen LogP contribution in [0.1, 0.15) is 37.3 Å². The highest BCUT2D eigenvalue weighted by atomic mass is 35.5. The van der Waals surface area contributed by atoms with Crippen LogP contribution in [0.5, 0.6) is 0 Å². The summed E-state index contributed by atoms with van der Waals surface area (Å²) in [5.41, 5.74) is 0.666. The predicted molar refractivity (Wildman–Crippen MR) is 94.5 cm³/mol. The Morgan fingerprint density at radius 2 is 2.05 bits per heavy atom. The molecule has 2 rings (SSSR count). The van der Waals surface area contributed by atoms with Crippen LogP contribution in [0.3, 0.4) is 0 Å². The van der Waals surface area contributed by atoms with E-state index in [1.54, 1.807) is 12.1 Å². The molecule has 1 atom stereocenters. The van der Waals surface area contributed by atoms with Crippen LogP contribution in [-0.2, 0) is 0 Å². The van der Waals surface area contributed by atoms with Crippen LogP contribution < -0.4 is 5.32 Å². The van der Waals surface area contributed by atoms with Gasteiger partial charge in [-0.05, 0) is 31.4 Å². The topological polar surface area (TPSA) is 15.3 Å². The second-order valence-corrected chi connectivity index (χ2v) is 5.92. The van der Waals surface area contributed by atoms with Crippen molar-refractivity contribution >= 4 is 24.0 Å². The number of halogens is 3. The monoisotopic (exact) mass is 346 g/mol. The first-order valence-electron chi connectivity index (χ1n) is 7.73. The minimum absolute atomic E-state index is 0. The predicted octanol–water partition coefficient (Wildman–Crippen LogP) is 4.59. The summed E-state index contributed by atoms with van der Waals surface area (Å²) in [6.45, 7) is 7.54. The van der Waals surface area contributed by atoms with E-state index in [2.05, 4.69) is 16.8 Å². The maximum absolute atomic E-state index is 14.3. The fraction of sp³-hybridized carbons (Fsp3) is 0.529. The second kappa shape index (κ2) is 10.2. The van der Waals surface area contributed by atoms with E-state index in [4.69, 9.17) is 11.6 Å². The Morgan fingerprint density at radius 3 is 2.68 bits per heavy atom. The van der Waals surface area contributed by atoms with Gasteiger partial charge in [0.05, 0.1) is 0 Å². The van der Waals surface area contributed by atoms with Crippen LogP contribution in [0.2, 0.25) is 5.02 Å². The van der Waals surface area contributed by atoms with Crippen molar-refractivity contribution in [2.45, 2.75) is 31.7 Å². The molecule has 2 nitrogen and oxygen atoms in total. The minimum Gasteiger partial charge on any atom is -0.314 e. The molecule has 5 heteroatoms. The molecular weight excluding hydrogens is 322 g/mol. The number of unbranched alkanes of at least 4 members (excludes halogenated alkanes) is 2. The quantitative estimate of drug-likeness (QED) is 0.573. The van der Waals surface area contributed by atoms with Crippen molar-refractivity contribution in [3.8, 4) is 0 Å². The molecule has 1 heterocycles. The molecule has 0 spiro atoms. The summed E-state index contributed by atoms with van der Waals surface area (Å²) in [7, 11) is 0. The van der Waals surface area contributed by atoms with Crippen molar-refractivity contribution in [3.63, 3.8) is 0 Å². The Bertz CT molecular complexity index is 442. The molecular formula is C17H25Cl2FN2. The number of allylic oxidation sites excluding steroid dienone is 1. The third kappa shape index (κ3) is 5.24. The Hall–Kier alpha value is -0.610. The van der Waals surface area contributed by atoms with Gasteiger partial charge in [-0.25, -0.2) is 4.39 Å². The molecule has 1 N–H and O–H groups in total. The Balaban J connectivity index is 0.00000242. The van der Waals surface area contributed by atoms with Crippen LogP contribution in [0.4, 0.5) is 4.39 Å². The van der Waals surface area contributed by atoms with Gasteiger partial charge in [-0.2, -0.15) is 0 Å². The first-order valence-corrected chi connectivity index (χ1v) is 8.11. The molecule has 0 unspecified atom stereocenters. The lowest BCUT2D eigenvalue weighted by atomic mass is 9.97. The number of rotatable bonds is 7. The normalized spacial score (nSPS) is 16.8. The molecule has 1 fully saturated rings. The van der Waals surface area contributed by atoms with Crippen molar-refractivity contribution in [1.82, 2.24) is 10.2 Å². The van der Waals surface area contributed by atoms with Crippen molar-refractivity contribution < 1.29 is 4.39 Å². The van der Waals surface area contributed by atoms with E-state index in [1.807, 2.05) is 6.08 Å². The molecule has 0 saturated carbocycles. The van der Waals surface area contributed by atoms with Gasteiger partial charge in [0.15, 0.2) is 0 Å². The molecule has 1 saturated heterocycles. The zero-order chi connectivity index (χ0) is 15.1. The SMILES string of the molecule is C=CCCCC[C@H](c1c(F)cccc1Cl)N1CCNCC1.Cl. The molecule has 1 aromatic rings. The number of hydrogen-bond donors (Lipinski definition) is 1. The summed E-state index contributed by atoms with van der Waals surface area (Å²) < 4.78 is 14.3. The highest BCUT2D eigenvalue weighted by Gasteiger charge is 2.26. The molecule has 0 amide bonds. The van der Waals surface area contributed by atoms with E-state index in [0.29, 0.717) is 10.6 Å². The van der Waals surface area contributed by atoms with E-state index < -0.39 is 0 Å². The molecule has 1 aromatic carbocycles. The average molecular weight is 347 g/mol. The first kappa shape index (κ1) is 19.4. The molecule has 0 aromatic heterocycles. The van der Waals surface area contributed by atoms with Crippen molar-refractivity contribution in [1.29, 1.82) is 0 Å². The summed E-state index contributed by atoms with van der Waals surface area (Å²) in [4.78, 5) is 2.36. The van der Waals surface area contributed by atoms with Gasteiger partial charge < -0.3 is 5.32 Å². The summed E-state index contributed by atoms with van der Waals surface area (Å²) in [6, 6.07) is 5.05. The third-order valence-electron chi connectivity index (χ3n) is 4.06.